The molecule has 0 aliphatic carbocycles. The number of ether oxygens (including phenoxy) is 1. The highest BCUT2D eigenvalue weighted by Gasteiger charge is 2.02. The Labute approximate surface area is 108 Å². The molecule has 0 bridgehead atoms. The van der Waals surface area contributed by atoms with Gasteiger partial charge in [0.2, 0.25) is 0 Å². The second-order valence-corrected chi connectivity index (χ2v) is 4.49. The summed E-state index contributed by atoms with van der Waals surface area (Å²) in [4.78, 5) is 11.3. The fourth-order valence-electron chi connectivity index (χ4n) is 0.951. The Hall–Kier alpha value is -1.000. The van der Waals surface area contributed by atoms with Gasteiger partial charge in [0.15, 0.2) is 6.61 Å². The zero-order valence-corrected chi connectivity index (χ0v) is 10.8. The number of benzene rings is 1. The first kappa shape index (κ1) is 13.1. The molecule has 1 N–H and O–H groups in total. The summed E-state index contributed by atoms with van der Waals surface area (Å²) in [7, 11) is 0. The first-order chi connectivity index (χ1) is 7.58. The molecule has 0 saturated heterocycles. The summed E-state index contributed by atoms with van der Waals surface area (Å²) in [6.07, 6.45) is 0. The third kappa shape index (κ3) is 5.19. The van der Waals surface area contributed by atoms with Crippen molar-refractivity contribution in [2.75, 3.05) is 13.2 Å². The summed E-state index contributed by atoms with van der Waals surface area (Å²) < 4.78 is 6.17. The molecule has 0 fully saturated rings. The number of amides is 1. The Morgan fingerprint density at radius 2 is 2.31 bits per heavy atom. The molecule has 0 saturated carbocycles. The molecule has 5 heteroatoms. The predicted octanol–water partition coefficient (Wildman–Crippen LogP) is 2.70. The van der Waals surface area contributed by atoms with E-state index in [0.29, 0.717) is 10.8 Å². The van der Waals surface area contributed by atoms with Crippen LogP contribution >= 0.6 is 27.5 Å². The van der Waals surface area contributed by atoms with Gasteiger partial charge in [-0.1, -0.05) is 40.2 Å². The van der Waals surface area contributed by atoms with Gasteiger partial charge >= 0.3 is 0 Å². The summed E-state index contributed by atoms with van der Waals surface area (Å²) in [6.45, 7) is 3.67. The summed E-state index contributed by atoms with van der Waals surface area (Å²) in [5, 5.41) is 2.94. The van der Waals surface area contributed by atoms with Crippen LogP contribution in [0, 0.1) is 0 Å². The van der Waals surface area contributed by atoms with Crippen molar-refractivity contribution < 1.29 is 9.53 Å². The second kappa shape index (κ2) is 6.55. The van der Waals surface area contributed by atoms with Crippen LogP contribution < -0.4 is 10.1 Å². The van der Waals surface area contributed by atoms with Crippen LogP contribution in [0.4, 0.5) is 0 Å². The predicted molar refractivity (Wildman–Crippen MR) is 67.6 cm³/mol. The number of halogens is 2. The zero-order chi connectivity index (χ0) is 12.0. The topological polar surface area (TPSA) is 38.3 Å². The van der Waals surface area contributed by atoms with Crippen LogP contribution in [-0.4, -0.2) is 19.1 Å². The molecule has 0 aromatic heterocycles. The van der Waals surface area contributed by atoms with E-state index in [0.717, 1.165) is 4.47 Å². The molecule has 1 rings (SSSR count). The minimum atomic E-state index is -0.234. The minimum Gasteiger partial charge on any atom is -0.484 e. The Kier molecular flexibility index (Phi) is 5.35. The fourth-order valence-corrected chi connectivity index (χ4v) is 1.40. The Bertz CT molecular complexity index is 395. The van der Waals surface area contributed by atoms with Crippen molar-refractivity contribution >= 4 is 33.4 Å². The molecule has 1 aromatic rings. The van der Waals surface area contributed by atoms with Gasteiger partial charge in [-0.3, -0.25) is 4.79 Å². The summed E-state index contributed by atoms with van der Waals surface area (Å²) in [5.41, 5.74) is 0. The summed E-state index contributed by atoms with van der Waals surface area (Å²) >= 11 is 8.81. The third-order valence-corrected chi connectivity index (χ3v) is 2.27. The molecule has 0 radical (unpaired) electrons. The van der Waals surface area contributed by atoms with Crippen molar-refractivity contribution in [3.63, 3.8) is 0 Å². The van der Waals surface area contributed by atoms with E-state index in [4.69, 9.17) is 16.3 Å². The van der Waals surface area contributed by atoms with E-state index in [-0.39, 0.29) is 19.1 Å². The monoisotopic (exact) mass is 303 g/mol. The van der Waals surface area contributed by atoms with Crippen molar-refractivity contribution in [3.05, 3.63) is 40.3 Å². The van der Waals surface area contributed by atoms with E-state index in [1.807, 2.05) is 12.1 Å². The van der Waals surface area contributed by atoms with Gasteiger partial charge in [0.25, 0.3) is 5.91 Å². The van der Waals surface area contributed by atoms with Gasteiger partial charge in [-0.15, -0.1) is 0 Å². The molecule has 0 aliphatic rings. The summed E-state index contributed by atoms with van der Waals surface area (Å²) in [6, 6.07) is 7.27. The van der Waals surface area contributed by atoms with Crippen LogP contribution in [0.15, 0.2) is 40.3 Å². The molecule has 0 spiro atoms. The highest BCUT2D eigenvalue weighted by Crippen LogP contribution is 2.17. The number of hydrogen-bond acceptors (Lipinski definition) is 2. The van der Waals surface area contributed by atoms with Crippen molar-refractivity contribution in [1.29, 1.82) is 0 Å². The molecular weight excluding hydrogens is 293 g/mol. The Morgan fingerprint density at radius 3 is 2.94 bits per heavy atom. The van der Waals surface area contributed by atoms with Crippen LogP contribution in [0.25, 0.3) is 0 Å². The third-order valence-electron chi connectivity index (χ3n) is 1.64. The Balaban J connectivity index is 2.34. The molecule has 16 heavy (non-hydrogen) atoms. The van der Waals surface area contributed by atoms with Gasteiger partial charge in [0.1, 0.15) is 5.75 Å². The smallest absolute Gasteiger partial charge is 0.258 e. The van der Waals surface area contributed by atoms with Crippen LogP contribution in [0.5, 0.6) is 5.75 Å². The lowest BCUT2D eigenvalue weighted by atomic mass is 10.3. The largest absolute Gasteiger partial charge is 0.484 e. The maximum Gasteiger partial charge on any atom is 0.258 e. The van der Waals surface area contributed by atoms with Crippen LogP contribution in [0.1, 0.15) is 0 Å². The van der Waals surface area contributed by atoms with E-state index >= 15 is 0 Å². The van der Waals surface area contributed by atoms with Crippen LogP contribution in [-0.2, 0) is 4.79 Å². The first-order valence-corrected chi connectivity index (χ1v) is 5.73. The van der Waals surface area contributed by atoms with E-state index in [9.17, 15) is 4.79 Å². The van der Waals surface area contributed by atoms with Crippen molar-refractivity contribution in [2.45, 2.75) is 0 Å². The van der Waals surface area contributed by atoms with Crippen LogP contribution in [0.3, 0.4) is 0 Å². The Morgan fingerprint density at radius 1 is 1.56 bits per heavy atom. The van der Waals surface area contributed by atoms with Gasteiger partial charge in [-0.05, 0) is 18.2 Å². The molecule has 0 aliphatic heterocycles. The minimum absolute atomic E-state index is 0.0410. The normalized spacial score (nSPS) is 9.62. The second-order valence-electron chi connectivity index (χ2n) is 3.04. The number of nitrogens with one attached hydrogen (secondary N) is 1. The molecule has 86 valence electrons. The first-order valence-electron chi connectivity index (χ1n) is 4.56. The quantitative estimate of drug-likeness (QED) is 0.908. The maximum absolute atomic E-state index is 11.3. The lowest BCUT2D eigenvalue weighted by molar-refractivity contribution is -0.122. The number of carbonyl (C=O) groups is 1. The number of hydrogen-bond donors (Lipinski definition) is 1. The van der Waals surface area contributed by atoms with Crippen molar-refractivity contribution in [3.8, 4) is 5.75 Å². The van der Waals surface area contributed by atoms with Crippen LogP contribution in [0.2, 0.25) is 0 Å². The van der Waals surface area contributed by atoms with Gasteiger partial charge in [-0.25, -0.2) is 0 Å². The van der Waals surface area contributed by atoms with Crippen molar-refractivity contribution in [2.24, 2.45) is 0 Å². The van der Waals surface area contributed by atoms with E-state index < -0.39 is 0 Å². The molecule has 3 nitrogen and oxygen atoms in total. The molecule has 1 aromatic carbocycles. The fraction of sp³-hybridized carbons (Fsp3) is 0.182. The average Bonchev–Trinajstić information content (AvgIpc) is 2.23. The lowest BCUT2D eigenvalue weighted by Crippen LogP contribution is -2.29. The average molecular weight is 305 g/mol. The van der Waals surface area contributed by atoms with E-state index in [1.54, 1.807) is 12.1 Å². The standard InChI is InChI=1S/C11H11BrClNO2/c1-8(13)6-14-11(15)7-16-10-4-2-3-9(12)5-10/h2-5H,1,6-7H2,(H,14,15). The van der Waals surface area contributed by atoms with E-state index in [1.165, 1.54) is 0 Å². The SMILES string of the molecule is C=C(Cl)CNC(=O)COc1cccc(Br)c1. The molecule has 1 amide bonds. The highest BCUT2D eigenvalue weighted by molar-refractivity contribution is 9.10. The lowest BCUT2D eigenvalue weighted by Gasteiger charge is -2.06. The van der Waals surface area contributed by atoms with Gasteiger partial charge in [0.05, 0.1) is 6.54 Å². The maximum atomic E-state index is 11.3. The van der Waals surface area contributed by atoms with Gasteiger partial charge < -0.3 is 10.1 Å². The van der Waals surface area contributed by atoms with Crippen molar-refractivity contribution in [1.82, 2.24) is 5.32 Å². The van der Waals surface area contributed by atoms with E-state index in [2.05, 4.69) is 27.8 Å². The molecule has 0 unspecified atom stereocenters. The van der Waals surface area contributed by atoms with Gasteiger partial charge in [-0.2, -0.15) is 0 Å². The summed E-state index contributed by atoms with van der Waals surface area (Å²) in [5.74, 6) is 0.399. The molecule has 0 atom stereocenters. The molecular formula is C11H11BrClNO2. The number of carbonyl (C=O) groups excluding carboxylic acids is 1. The highest BCUT2D eigenvalue weighted by atomic mass is 79.9. The zero-order valence-electron chi connectivity index (χ0n) is 8.50. The molecule has 0 heterocycles. The number of rotatable bonds is 5. The van der Waals surface area contributed by atoms with Gasteiger partial charge in [0, 0.05) is 9.51 Å².